The number of nitrogen functional groups attached to an aromatic ring is 1. The Labute approximate surface area is 120 Å². The number of nitrogens with one attached hydrogen (secondary N) is 1. The van der Waals surface area contributed by atoms with E-state index >= 15 is 0 Å². The van der Waals surface area contributed by atoms with E-state index in [1.165, 1.54) is 44.1 Å². The molecule has 7 heteroatoms. The first-order chi connectivity index (χ1) is 9.50. The van der Waals surface area contributed by atoms with Crippen molar-refractivity contribution in [3.05, 3.63) is 18.5 Å². The zero-order valence-electron chi connectivity index (χ0n) is 11.7. The number of sulfonamides is 1. The lowest BCUT2D eigenvalue weighted by Crippen LogP contribution is -2.37. The SMILES string of the molecule is CN(CCNS(=O)(=O)c1cnccc1N)C1CCCC1. The molecule has 0 aromatic carbocycles. The maximum Gasteiger partial charge on any atom is 0.244 e. The number of pyridine rings is 1. The van der Waals surface area contributed by atoms with E-state index in [1.807, 2.05) is 7.05 Å². The number of aromatic nitrogens is 1. The topological polar surface area (TPSA) is 88.3 Å². The molecule has 0 bridgehead atoms. The molecule has 0 atom stereocenters. The van der Waals surface area contributed by atoms with Crippen LogP contribution in [-0.2, 0) is 10.0 Å². The van der Waals surface area contributed by atoms with E-state index in [-0.39, 0.29) is 10.6 Å². The van der Waals surface area contributed by atoms with E-state index in [4.69, 9.17) is 5.73 Å². The molecular weight excluding hydrogens is 276 g/mol. The van der Waals surface area contributed by atoms with E-state index in [0.29, 0.717) is 19.1 Å². The second-order valence-electron chi connectivity index (χ2n) is 5.23. The van der Waals surface area contributed by atoms with Crippen molar-refractivity contribution >= 4 is 15.7 Å². The van der Waals surface area contributed by atoms with Crippen LogP contribution in [-0.4, -0.2) is 44.5 Å². The van der Waals surface area contributed by atoms with Crippen LogP contribution in [0, 0.1) is 0 Å². The van der Waals surface area contributed by atoms with Gasteiger partial charge >= 0.3 is 0 Å². The summed E-state index contributed by atoms with van der Waals surface area (Å²) < 4.78 is 26.8. The highest BCUT2D eigenvalue weighted by atomic mass is 32.2. The summed E-state index contributed by atoms with van der Waals surface area (Å²) in [6, 6.07) is 2.07. The van der Waals surface area contributed by atoms with Gasteiger partial charge in [-0.25, -0.2) is 13.1 Å². The number of nitrogens with zero attached hydrogens (tertiary/aromatic N) is 2. The monoisotopic (exact) mass is 298 g/mol. The molecule has 1 heterocycles. The highest BCUT2D eigenvalue weighted by molar-refractivity contribution is 7.89. The fraction of sp³-hybridized carbons (Fsp3) is 0.615. The predicted octanol–water partition coefficient (Wildman–Crippen LogP) is 0.817. The third-order valence-corrected chi connectivity index (χ3v) is 5.31. The fourth-order valence-electron chi connectivity index (χ4n) is 2.58. The van der Waals surface area contributed by atoms with E-state index in [9.17, 15) is 8.42 Å². The van der Waals surface area contributed by atoms with E-state index < -0.39 is 10.0 Å². The van der Waals surface area contributed by atoms with Gasteiger partial charge in [0.2, 0.25) is 10.0 Å². The van der Waals surface area contributed by atoms with Crippen LogP contribution in [0.4, 0.5) is 5.69 Å². The van der Waals surface area contributed by atoms with Crippen molar-refractivity contribution in [2.45, 2.75) is 36.6 Å². The van der Waals surface area contributed by atoms with E-state index in [0.717, 1.165) is 0 Å². The average molecular weight is 298 g/mol. The number of rotatable bonds is 6. The second-order valence-corrected chi connectivity index (χ2v) is 6.97. The Balaban J connectivity index is 1.88. The highest BCUT2D eigenvalue weighted by Gasteiger charge is 2.21. The summed E-state index contributed by atoms with van der Waals surface area (Å²) >= 11 is 0. The maximum absolute atomic E-state index is 12.1. The van der Waals surface area contributed by atoms with Gasteiger partial charge in [-0.3, -0.25) is 4.98 Å². The van der Waals surface area contributed by atoms with Gasteiger partial charge in [0, 0.05) is 31.5 Å². The standard InChI is InChI=1S/C13H22N4O2S/c1-17(11-4-2-3-5-11)9-8-16-20(18,19)13-10-15-7-6-12(13)14/h6-7,10-11,16H,2-5,8-9H2,1H3,(H2,14,15). The summed E-state index contributed by atoms with van der Waals surface area (Å²) in [6.07, 6.45) is 7.71. The van der Waals surface area contributed by atoms with Gasteiger partial charge in [-0.2, -0.15) is 0 Å². The first-order valence-electron chi connectivity index (χ1n) is 6.90. The smallest absolute Gasteiger partial charge is 0.244 e. The van der Waals surface area contributed by atoms with E-state index in [1.54, 1.807) is 0 Å². The summed E-state index contributed by atoms with van der Waals surface area (Å²) in [5.74, 6) is 0. The molecule has 3 N–H and O–H groups in total. The van der Waals surface area contributed by atoms with Gasteiger partial charge in [0.05, 0.1) is 5.69 Å². The molecule has 0 unspecified atom stereocenters. The number of hydrogen-bond donors (Lipinski definition) is 2. The fourth-order valence-corrected chi connectivity index (χ4v) is 3.67. The normalized spacial score (nSPS) is 16.9. The average Bonchev–Trinajstić information content (AvgIpc) is 2.92. The van der Waals surface area contributed by atoms with Gasteiger partial charge in [0.15, 0.2) is 0 Å². The molecule has 1 fully saturated rings. The van der Waals surface area contributed by atoms with Crippen molar-refractivity contribution in [1.82, 2.24) is 14.6 Å². The molecule has 1 aliphatic rings. The Hall–Kier alpha value is -1.18. The number of nitrogens with two attached hydrogens (primary N) is 1. The predicted molar refractivity (Wildman–Crippen MR) is 78.7 cm³/mol. The Morgan fingerprint density at radius 3 is 2.80 bits per heavy atom. The Bertz CT molecular complexity index is 541. The van der Waals surface area contributed by atoms with Crippen molar-refractivity contribution in [3.63, 3.8) is 0 Å². The molecule has 1 saturated carbocycles. The molecule has 6 nitrogen and oxygen atoms in total. The molecular formula is C13H22N4O2S. The lowest BCUT2D eigenvalue weighted by atomic mass is 10.2. The highest BCUT2D eigenvalue weighted by Crippen LogP contribution is 2.22. The van der Waals surface area contributed by atoms with Crippen LogP contribution < -0.4 is 10.5 Å². The number of likely N-dealkylation sites (N-methyl/N-ethyl adjacent to an activating group) is 1. The molecule has 0 radical (unpaired) electrons. The molecule has 0 aliphatic heterocycles. The van der Waals surface area contributed by atoms with Gasteiger partial charge in [-0.15, -0.1) is 0 Å². The van der Waals surface area contributed by atoms with Crippen LogP contribution in [0.25, 0.3) is 0 Å². The number of hydrogen-bond acceptors (Lipinski definition) is 5. The summed E-state index contributed by atoms with van der Waals surface area (Å²) in [5.41, 5.74) is 5.89. The molecule has 0 saturated heterocycles. The van der Waals surface area contributed by atoms with Crippen LogP contribution in [0.3, 0.4) is 0 Å². The molecule has 1 aliphatic carbocycles. The second kappa shape index (κ2) is 6.51. The summed E-state index contributed by atoms with van der Waals surface area (Å²) in [7, 11) is -1.53. The number of anilines is 1. The maximum atomic E-state index is 12.1. The molecule has 1 aromatic rings. The van der Waals surface area contributed by atoms with Gasteiger partial charge < -0.3 is 10.6 Å². The molecule has 2 rings (SSSR count). The quantitative estimate of drug-likeness (QED) is 0.811. The third kappa shape index (κ3) is 3.68. The first-order valence-corrected chi connectivity index (χ1v) is 8.38. The summed E-state index contributed by atoms with van der Waals surface area (Å²) in [4.78, 5) is 6.08. The Kier molecular flexibility index (Phi) is 4.95. The minimum atomic E-state index is -3.57. The molecule has 112 valence electrons. The Morgan fingerprint density at radius 2 is 2.15 bits per heavy atom. The third-order valence-electron chi connectivity index (χ3n) is 3.81. The lowest BCUT2D eigenvalue weighted by Gasteiger charge is -2.23. The van der Waals surface area contributed by atoms with Crippen LogP contribution in [0.1, 0.15) is 25.7 Å². The summed E-state index contributed by atoms with van der Waals surface area (Å²) in [6.45, 7) is 1.08. The van der Waals surface area contributed by atoms with Crippen LogP contribution >= 0.6 is 0 Å². The lowest BCUT2D eigenvalue weighted by molar-refractivity contribution is 0.250. The minimum absolute atomic E-state index is 0.0449. The molecule has 20 heavy (non-hydrogen) atoms. The Morgan fingerprint density at radius 1 is 1.45 bits per heavy atom. The van der Waals surface area contributed by atoms with Crippen LogP contribution in [0.15, 0.2) is 23.4 Å². The van der Waals surface area contributed by atoms with Crippen molar-refractivity contribution in [2.75, 3.05) is 25.9 Å². The van der Waals surface area contributed by atoms with Crippen molar-refractivity contribution in [3.8, 4) is 0 Å². The van der Waals surface area contributed by atoms with E-state index in [2.05, 4.69) is 14.6 Å². The zero-order valence-corrected chi connectivity index (χ0v) is 12.6. The molecule has 0 spiro atoms. The minimum Gasteiger partial charge on any atom is -0.398 e. The largest absolute Gasteiger partial charge is 0.398 e. The zero-order chi connectivity index (χ0) is 14.6. The van der Waals surface area contributed by atoms with Crippen molar-refractivity contribution < 1.29 is 8.42 Å². The molecule has 1 aromatic heterocycles. The van der Waals surface area contributed by atoms with Gasteiger partial charge in [-0.1, -0.05) is 12.8 Å². The van der Waals surface area contributed by atoms with Gasteiger partial charge in [-0.05, 0) is 26.0 Å². The molecule has 0 amide bonds. The van der Waals surface area contributed by atoms with Crippen molar-refractivity contribution in [1.29, 1.82) is 0 Å². The van der Waals surface area contributed by atoms with Gasteiger partial charge in [0.1, 0.15) is 4.90 Å². The summed E-state index contributed by atoms with van der Waals surface area (Å²) in [5, 5.41) is 0. The van der Waals surface area contributed by atoms with Gasteiger partial charge in [0.25, 0.3) is 0 Å². The first kappa shape index (κ1) is 15.2. The van der Waals surface area contributed by atoms with Crippen LogP contribution in [0.5, 0.6) is 0 Å². The van der Waals surface area contributed by atoms with Crippen LogP contribution in [0.2, 0.25) is 0 Å². The van der Waals surface area contributed by atoms with Crippen molar-refractivity contribution in [2.24, 2.45) is 0 Å².